The molecule has 4 bridgehead atoms. The number of ether oxygens (including phenoxy) is 2. The van der Waals surface area contributed by atoms with E-state index in [1.54, 1.807) is 0 Å². The number of fused-ring (bicyclic) bond motifs is 10. The molecular weight excluding hydrogens is 454 g/mol. The van der Waals surface area contributed by atoms with Crippen molar-refractivity contribution in [3.05, 3.63) is 59.7 Å². The molecule has 2 aromatic rings. The van der Waals surface area contributed by atoms with Crippen molar-refractivity contribution < 1.29 is 19.1 Å². The maximum Gasteiger partial charge on any atom is 0.222 e. The van der Waals surface area contributed by atoms with Crippen LogP contribution < -0.4 is 15.4 Å². The lowest BCUT2D eigenvalue weighted by Crippen LogP contribution is -2.44. The number of nitrogens with one attached hydrogen (secondary N) is 2. The monoisotopic (exact) mass is 493 g/mol. The molecule has 3 heterocycles. The smallest absolute Gasteiger partial charge is 0.222 e. The van der Waals surface area contributed by atoms with Gasteiger partial charge in [0, 0.05) is 32.5 Å². The number of amides is 2. The van der Waals surface area contributed by atoms with Crippen LogP contribution in [0.15, 0.2) is 48.5 Å². The second-order valence-electron chi connectivity index (χ2n) is 11.1. The average molecular weight is 494 g/mol. The predicted octanol–water partition coefficient (Wildman–Crippen LogP) is 4.05. The quantitative estimate of drug-likeness (QED) is 0.660. The van der Waals surface area contributed by atoms with Crippen molar-refractivity contribution in [2.45, 2.75) is 65.2 Å². The summed E-state index contributed by atoms with van der Waals surface area (Å²) in [6.45, 7) is 10.0. The Bertz CT molecular complexity index is 1030. The van der Waals surface area contributed by atoms with Crippen LogP contribution in [0.25, 0.3) is 0 Å². The van der Waals surface area contributed by atoms with E-state index in [1.165, 1.54) is 0 Å². The highest BCUT2D eigenvalue weighted by Crippen LogP contribution is 2.25. The van der Waals surface area contributed by atoms with E-state index >= 15 is 0 Å². The molecule has 0 radical (unpaired) electrons. The fourth-order valence-electron chi connectivity index (χ4n) is 4.54. The average Bonchev–Trinajstić information content (AvgIpc) is 3.22. The number of benzene rings is 2. The van der Waals surface area contributed by atoms with Gasteiger partial charge in [0.25, 0.3) is 0 Å². The van der Waals surface area contributed by atoms with Crippen LogP contribution in [0.5, 0.6) is 11.5 Å². The van der Waals surface area contributed by atoms with E-state index in [0.29, 0.717) is 26.0 Å². The number of hydrogen-bond acceptors (Lipinski definition) is 5. The van der Waals surface area contributed by atoms with Crippen LogP contribution in [0.2, 0.25) is 0 Å². The van der Waals surface area contributed by atoms with Gasteiger partial charge in [-0.15, -0.1) is 0 Å². The maximum absolute atomic E-state index is 12.7. The van der Waals surface area contributed by atoms with Gasteiger partial charge in [0.05, 0.1) is 18.8 Å². The second-order valence-corrected chi connectivity index (χ2v) is 11.1. The zero-order valence-corrected chi connectivity index (χ0v) is 21.7. The van der Waals surface area contributed by atoms with Gasteiger partial charge in [0.1, 0.15) is 11.5 Å². The third-order valence-corrected chi connectivity index (χ3v) is 6.70. The summed E-state index contributed by atoms with van der Waals surface area (Å²) >= 11 is 0. The molecule has 36 heavy (non-hydrogen) atoms. The molecule has 0 saturated carbocycles. The van der Waals surface area contributed by atoms with Crippen molar-refractivity contribution in [3.63, 3.8) is 0 Å². The highest BCUT2D eigenvalue weighted by molar-refractivity contribution is 5.79. The van der Waals surface area contributed by atoms with Crippen LogP contribution >= 0.6 is 0 Å². The molecule has 194 valence electrons. The summed E-state index contributed by atoms with van der Waals surface area (Å²) in [4.78, 5) is 27.3. The van der Waals surface area contributed by atoms with E-state index in [-0.39, 0.29) is 35.8 Å². The lowest BCUT2D eigenvalue weighted by atomic mass is 9.92. The summed E-state index contributed by atoms with van der Waals surface area (Å²) in [7, 11) is 0. The first-order chi connectivity index (χ1) is 17.2. The van der Waals surface area contributed by atoms with Gasteiger partial charge < -0.3 is 20.1 Å². The Labute approximate surface area is 214 Å². The molecule has 0 aliphatic carbocycles. The van der Waals surface area contributed by atoms with Gasteiger partial charge in [-0.05, 0) is 60.2 Å². The van der Waals surface area contributed by atoms with E-state index in [1.807, 2.05) is 48.5 Å². The molecule has 2 amide bonds. The molecule has 7 heteroatoms. The third-order valence-electron chi connectivity index (χ3n) is 6.70. The molecule has 2 N–H and O–H groups in total. The second kappa shape index (κ2) is 11.9. The molecule has 7 nitrogen and oxygen atoms in total. The molecule has 5 rings (SSSR count). The number of hydrogen-bond donors (Lipinski definition) is 2. The molecule has 1 fully saturated rings. The van der Waals surface area contributed by atoms with Gasteiger partial charge in [0.2, 0.25) is 11.8 Å². The fraction of sp³-hybridized carbons (Fsp3) is 0.517. The maximum atomic E-state index is 12.7. The first-order valence-electron chi connectivity index (χ1n) is 13.0. The largest absolute Gasteiger partial charge is 0.457 e. The van der Waals surface area contributed by atoms with Crippen LogP contribution in [0.1, 0.15) is 51.2 Å². The number of carbonyl (C=O) groups is 2. The van der Waals surface area contributed by atoms with Crippen LogP contribution in [0, 0.1) is 5.41 Å². The van der Waals surface area contributed by atoms with Gasteiger partial charge in [-0.2, -0.15) is 0 Å². The van der Waals surface area contributed by atoms with Gasteiger partial charge in [0.15, 0.2) is 0 Å². The number of rotatable bonds is 2. The third kappa shape index (κ3) is 8.07. The predicted molar refractivity (Wildman–Crippen MR) is 140 cm³/mol. The minimum absolute atomic E-state index is 0.0511. The van der Waals surface area contributed by atoms with Gasteiger partial charge >= 0.3 is 0 Å². The molecule has 1 saturated heterocycles. The first-order valence-corrected chi connectivity index (χ1v) is 13.0. The summed E-state index contributed by atoms with van der Waals surface area (Å²) in [5.74, 6) is 1.39. The number of nitrogens with zero attached hydrogens (tertiary/aromatic N) is 1. The Balaban J connectivity index is 1.48. The van der Waals surface area contributed by atoms with Gasteiger partial charge in [-0.3, -0.25) is 14.5 Å². The van der Waals surface area contributed by atoms with E-state index in [0.717, 1.165) is 48.7 Å². The van der Waals surface area contributed by atoms with Crippen molar-refractivity contribution in [1.29, 1.82) is 0 Å². The summed E-state index contributed by atoms with van der Waals surface area (Å²) in [5, 5.41) is 6.03. The van der Waals surface area contributed by atoms with E-state index in [2.05, 4.69) is 36.3 Å². The van der Waals surface area contributed by atoms with E-state index < -0.39 is 0 Å². The van der Waals surface area contributed by atoms with Crippen molar-refractivity contribution in [3.8, 4) is 11.5 Å². The minimum Gasteiger partial charge on any atom is -0.457 e. The highest BCUT2D eigenvalue weighted by atomic mass is 16.5. The Morgan fingerprint density at radius 3 is 2.50 bits per heavy atom. The van der Waals surface area contributed by atoms with Crippen molar-refractivity contribution in [1.82, 2.24) is 15.5 Å². The number of carbonyl (C=O) groups excluding carboxylic acids is 2. The molecule has 0 unspecified atom stereocenters. The normalized spacial score (nSPS) is 22.3. The van der Waals surface area contributed by atoms with Crippen molar-refractivity contribution in [2.24, 2.45) is 5.41 Å². The Hall–Kier alpha value is -2.90. The van der Waals surface area contributed by atoms with Crippen molar-refractivity contribution in [2.75, 3.05) is 26.2 Å². The van der Waals surface area contributed by atoms with Gasteiger partial charge in [-0.1, -0.05) is 45.0 Å². The summed E-state index contributed by atoms with van der Waals surface area (Å²) in [6, 6.07) is 15.7. The van der Waals surface area contributed by atoms with Crippen LogP contribution in [-0.4, -0.2) is 55.0 Å². The van der Waals surface area contributed by atoms with Crippen LogP contribution in [0.4, 0.5) is 0 Å². The highest BCUT2D eigenvalue weighted by Gasteiger charge is 2.34. The van der Waals surface area contributed by atoms with E-state index in [9.17, 15) is 9.59 Å². The molecule has 3 aliphatic heterocycles. The number of likely N-dealkylation sites (tertiary alicyclic amines) is 1. The minimum atomic E-state index is -0.105. The summed E-state index contributed by atoms with van der Waals surface area (Å²) in [5.41, 5.74) is 2.34. The number of aryl methyl sites for hydroxylation is 1. The lowest BCUT2D eigenvalue weighted by Gasteiger charge is -2.23. The SMILES string of the molecule is CC(C)(C)CCN1C[C@@H]2NC(=O)CCNC(=O)CCc3ccc(cc3)Oc3cccc(c3)CO[C@H]2C1. The molecule has 2 aromatic carbocycles. The Kier molecular flexibility index (Phi) is 8.64. The Morgan fingerprint density at radius 2 is 1.72 bits per heavy atom. The van der Waals surface area contributed by atoms with Crippen molar-refractivity contribution >= 4 is 11.8 Å². The molecule has 0 aromatic heterocycles. The van der Waals surface area contributed by atoms with Crippen LogP contribution in [-0.2, 0) is 27.4 Å². The Morgan fingerprint density at radius 1 is 0.917 bits per heavy atom. The zero-order chi connectivity index (χ0) is 25.5. The first kappa shape index (κ1) is 26.2. The zero-order valence-electron chi connectivity index (χ0n) is 21.7. The molecule has 2 atom stereocenters. The summed E-state index contributed by atoms with van der Waals surface area (Å²) in [6.07, 6.45) is 2.24. The molecular formula is C29H39N3O4. The standard InChI is InChI=1S/C29H39N3O4/c1-29(2,3)14-16-32-18-25-26(19-32)35-20-22-5-4-6-24(17-22)36-23-10-7-21(8-11-23)9-12-27(33)30-15-13-28(34)31-25/h4-8,10-11,17,25-26H,9,12-16,18-20H2,1-3H3,(H,30,33)(H,31,34)/t25-,26-/m0/s1. The molecule has 0 spiro atoms. The van der Waals surface area contributed by atoms with E-state index in [4.69, 9.17) is 9.47 Å². The molecule has 3 aliphatic rings. The van der Waals surface area contributed by atoms with Gasteiger partial charge in [-0.25, -0.2) is 0 Å². The summed E-state index contributed by atoms with van der Waals surface area (Å²) < 4.78 is 12.4. The fourth-order valence-corrected chi connectivity index (χ4v) is 4.54. The van der Waals surface area contributed by atoms with Crippen LogP contribution in [0.3, 0.4) is 0 Å². The topological polar surface area (TPSA) is 79.9 Å². The lowest BCUT2D eigenvalue weighted by molar-refractivity contribution is -0.123.